The van der Waals surface area contributed by atoms with E-state index < -0.39 is 17.8 Å². The molecule has 0 bridgehead atoms. The predicted molar refractivity (Wildman–Crippen MR) is 59.0 cm³/mol. The van der Waals surface area contributed by atoms with Crippen LogP contribution < -0.4 is 10.5 Å². The molecule has 2 unspecified atom stereocenters. The first-order valence-electron chi connectivity index (χ1n) is 5.32. The Balaban J connectivity index is 3.34. The van der Waals surface area contributed by atoms with E-state index in [1.54, 1.807) is 0 Å². The Morgan fingerprint density at radius 3 is 2.56 bits per heavy atom. The maximum atomic E-state index is 13.1. The Morgan fingerprint density at radius 1 is 1.50 bits per heavy atom. The first-order chi connectivity index (χ1) is 8.27. The van der Waals surface area contributed by atoms with E-state index in [4.69, 9.17) is 10.5 Å². The summed E-state index contributed by atoms with van der Waals surface area (Å²) >= 11 is 0. The van der Waals surface area contributed by atoms with Gasteiger partial charge in [-0.1, -0.05) is 6.92 Å². The molecule has 4 nitrogen and oxygen atoms in total. The van der Waals surface area contributed by atoms with Gasteiger partial charge in [0.05, 0.1) is 7.11 Å². The molecular weight excluding hydrogens is 249 g/mol. The van der Waals surface area contributed by atoms with Crippen LogP contribution >= 0.6 is 0 Å². The van der Waals surface area contributed by atoms with Crippen molar-refractivity contribution >= 4 is 0 Å². The second-order valence-electron chi connectivity index (χ2n) is 3.87. The Hall–Kier alpha value is -1.34. The lowest BCUT2D eigenvalue weighted by molar-refractivity contribution is -0.274. The lowest BCUT2D eigenvalue weighted by atomic mass is 9.85. The van der Waals surface area contributed by atoms with Crippen molar-refractivity contribution in [1.29, 1.82) is 0 Å². The molecular formula is C11H15F3N2O2. The summed E-state index contributed by atoms with van der Waals surface area (Å²) in [5.41, 5.74) is 1.94. The summed E-state index contributed by atoms with van der Waals surface area (Å²) in [6.45, 7) is 1.47. The fraction of sp³-hybridized carbons (Fsp3) is 0.545. The molecule has 2 atom stereocenters. The normalized spacial score (nSPS) is 17.1. The number of aliphatic hydroxyl groups is 1. The number of nitrogens with zero attached hydrogens (tertiary/aromatic N) is 1. The quantitative estimate of drug-likeness (QED) is 0.866. The zero-order chi connectivity index (χ0) is 14.0. The van der Waals surface area contributed by atoms with E-state index >= 15 is 0 Å². The number of ether oxygens (including phenoxy) is 1. The Bertz CT molecular complexity index is 412. The maximum Gasteiger partial charge on any atom is 0.423 e. The standard InChI is InChI=1S/C11H15F3N2O2/c1-3-8(15)10(17,11(12,13)14)7-4-5-16-9(6-7)18-2/h4-6,8,17H,3,15H2,1-2H3. The van der Waals surface area contributed by atoms with E-state index in [2.05, 4.69) is 4.98 Å². The Kier molecular flexibility index (Phi) is 4.18. The highest BCUT2D eigenvalue weighted by Gasteiger charge is 2.58. The minimum atomic E-state index is -4.88. The number of pyridine rings is 1. The molecule has 1 heterocycles. The molecule has 0 saturated heterocycles. The van der Waals surface area contributed by atoms with Crippen LogP contribution in [0.1, 0.15) is 18.9 Å². The van der Waals surface area contributed by atoms with Crippen molar-refractivity contribution in [1.82, 2.24) is 4.98 Å². The number of hydrogen-bond donors (Lipinski definition) is 2. The molecule has 0 spiro atoms. The van der Waals surface area contributed by atoms with E-state index in [9.17, 15) is 18.3 Å². The number of alkyl halides is 3. The van der Waals surface area contributed by atoms with Crippen molar-refractivity contribution < 1.29 is 23.0 Å². The highest BCUT2D eigenvalue weighted by atomic mass is 19.4. The molecule has 0 fully saturated rings. The summed E-state index contributed by atoms with van der Waals surface area (Å²) in [5.74, 6) is -0.0153. The third kappa shape index (κ3) is 2.41. The molecule has 0 aliphatic carbocycles. The van der Waals surface area contributed by atoms with Gasteiger partial charge in [-0.15, -0.1) is 0 Å². The average Bonchev–Trinajstić information content (AvgIpc) is 2.35. The molecule has 7 heteroatoms. The summed E-state index contributed by atoms with van der Waals surface area (Å²) in [6.07, 6.45) is -3.78. The van der Waals surface area contributed by atoms with E-state index in [1.807, 2.05) is 0 Å². The van der Waals surface area contributed by atoms with E-state index in [1.165, 1.54) is 14.0 Å². The minimum Gasteiger partial charge on any atom is -0.481 e. The van der Waals surface area contributed by atoms with Crippen molar-refractivity contribution in [3.05, 3.63) is 23.9 Å². The van der Waals surface area contributed by atoms with Crippen molar-refractivity contribution in [3.8, 4) is 5.88 Å². The highest BCUT2D eigenvalue weighted by molar-refractivity contribution is 5.29. The molecule has 0 aliphatic heterocycles. The second-order valence-corrected chi connectivity index (χ2v) is 3.87. The Morgan fingerprint density at radius 2 is 2.11 bits per heavy atom. The van der Waals surface area contributed by atoms with Crippen LogP contribution in [0.25, 0.3) is 0 Å². The fourth-order valence-electron chi connectivity index (χ4n) is 1.64. The number of methoxy groups -OCH3 is 1. The van der Waals surface area contributed by atoms with Crippen molar-refractivity contribution in [2.45, 2.75) is 31.2 Å². The monoisotopic (exact) mass is 264 g/mol. The molecule has 0 radical (unpaired) electrons. The van der Waals surface area contributed by atoms with Gasteiger partial charge in [0.15, 0.2) is 0 Å². The highest BCUT2D eigenvalue weighted by Crippen LogP contribution is 2.42. The molecule has 18 heavy (non-hydrogen) atoms. The number of nitrogens with two attached hydrogens (primary N) is 1. The molecule has 1 aromatic rings. The topological polar surface area (TPSA) is 68.4 Å². The van der Waals surface area contributed by atoms with Gasteiger partial charge in [-0.05, 0) is 12.5 Å². The van der Waals surface area contributed by atoms with Gasteiger partial charge in [-0.25, -0.2) is 4.98 Å². The van der Waals surface area contributed by atoms with Crippen molar-refractivity contribution in [3.63, 3.8) is 0 Å². The predicted octanol–water partition coefficient (Wildman–Crippen LogP) is 1.58. The van der Waals surface area contributed by atoms with Gasteiger partial charge in [0.25, 0.3) is 0 Å². The number of halogens is 3. The lowest BCUT2D eigenvalue weighted by Crippen LogP contribution is -2.55. The van der Waals surface area contributed by atoms with Crippen LogP contribution in [0.2, 0.25) is 0 Å². The van der Waals surface area contributed by atoms with Crippen LogP contribution in [-0.2, 0) is 5.60 Å². The molecule has 0 aromatic carbocycles. The number of hydrogen-bond acceptors (Lipinski definition) is 4. The average molecular weight is 264 g/mol. The number of aromatic nitrogens is 1. The molecule has 102 valence electrons. The van der Waals surface area contributed by atoms with Gasteiger partial charge >= 0.3 is 6.18 Å². The van der Waals surface area contributed by atoms with Crippen LogP contribution in [-0.4, -0.2) is 29.4 Å². The summed E-state index contributed by atoms with van der Waals surface area (Å²) in [6, 6.07) is 0.638. The molecule has 1 rings (SSSR count). The Labute approximate surface area is 103 Å². The summed E-state index contributed by atoms with van der Waals surface area (Å²) in [4.78, 5) is 3.70. The summed E-state index contributed by atoms with van der Waals surface area (Å²) in [5, 5.41) is 9.97. The first kappa shape index (κ1) is 14.7. The van der Waals surface area contributed by atoms with Gasteiger partial charge < -0.3 is 15.6 Å². The molecule has 3 N–H and O–H groups in total. The zero-order valence-corrected chi connectivity index (χ0v) is 10.0. The molecule has 0 amide bonds. The lowest BCUT2D eigenvalue weighted by Gasteiger charge is -2.35. The van der Waals surface area contributed by atoms with Crippen LogP contribution in [0.5, 0.6) is 5.88 Å². The minimum absolute atomic E-state index is 0.0153. The second kappa shape index (κ2) is 5.11. The molecule has 0 aliphatic rings. The largest absolute Gasteiger partial charge is 0.481 e. The van der Waals surface area contributed by atoms with Crippen molar-refractivity contribution in [2.24, 2.45) is 5.73 Å². The van der Waals surface area contributed by atoms with Crippen molar-refractivity contribution in [2.75, 3.05) is 7.11 Å². The third-order valence-electron chi connectivity index (χ3n) is 2.79. The number of rotatable bonds is 4. The van der Waals surface area contributed by atoms with E-state index in [0.717, 1.165) is 18.3 Å². The molecule has 0 saturated carbocycles. The smallest absolute Gasteiger partial charge is 0.423 e. The fourth-order valence-corrected chi connectivity index (χ4v) is 1.64. The van der Waals surface area contributed by atoms with Crippen LogP contribution in [0.15, 0.2) is 18.3 Å². The van der Waals surface area contributed by atoms with Gasteiger partial charge in [0.2, 0.25) is 11.5 Å². The maximum absolute atomic E-state index is 13.1. The van der Waals surface area contributed by atoms with Crippen LogP contribution in [0.3, 0.4) is 0 Å². The van der Waals surface area contributed by atoms with E-state index in [-0.39, 0.29) is 17.9 Å². The SMILES string of the molecule is CCC(N)C(O)(c1ccnc(OC)c1)C(F)(F)F. The van der Waals surface area contributed by atoms with Gasteiger partial charge in [0.1, 0.15) is 0 Å². The van der Waals surface area contributed by atoms with Gasteiger partial charge in [0, 0.05) is 23.9 Å². The van der Waals surface area contributed by atoms with Gasteiger partial charge in [-0.2, -0.15) is 13.2 Å². The van der Waals surface area contributed by atoms with E-state index in [0.29, 0.717) is 0 Å². The third-order valence-corrected chi connectivity index (χ3v) is 2.79. The summed E-state index contributed by atoms with van der Waals surface area (Å²) < 4.78 is 44.0. The molecule has 1 aromatic heterocycles. The zero-order valence-electron chi connectivity index (χ0n) is 10.0. The van der Waals surface area contributed by atoms with Crippen LogP contribution in [0, 0.1) is 0 Å². The van der Waals surface area contributed by atoms with Crippen LogP contribution in [0.4, 0.5) is 13.2 Å². The first-order valence-corrected chi connectivity index (χ1v) is 5.32. The van der Waals surface area contributed by atoms with Gasteiger partial charge in [-0.3, -0.25) is 0 Å². The summed E-state index contributed by atoms with van der Waals surface area (Å²) in [7, 11) is 1.28.